The van der Waals surface area contributed by atoms with Crippen molar-refractivity contribution >= 4 is 5.91 Å². The first kappa shape index (κ1) is 13.6. The lowest BCUT2D eigenvalue weighted by Gasteiger charge is -2.26. The fourth-order valence-electron chi connectivity index (χ4n) is 2.74. The molecule has 0 bridgehead atoms. The van der Waals surface area contributed by atoms with Gasteiger partial charge >= 0.3 is 0 Å². The minimum absolute atomic E-state index is 0.0695. The van der Waals surface area contributed by atoms with E-state index in [0.29, 0.717) is 11.6 Å². The maximum atomic E-state index is 12.6. The van der Waals surface area contributed by atoms with E-state index in [1.165, 1.54) is 18.5 Å². The highest BCUT2D eigenvalue weighted by Gasteiger charge is 2.33. The van der Waals surface area contributed by atoms with Gasteiger partial charge < -0.3 is 10.2 Å². The van der Waals surface area contributed by atoms with E-state index in [1.54, 1.807) is 0 Å². The van der Waals surface area contributed by atoms with Crippen molar-refractivity contribution in [2.24, 2.45) is 0 Å². The Morgan fingerprint density at radius 1 is 1.30 bits per heavy atom. The van der Waals surface area contributed by atoms with Crippen molar-refractivity contribution in [2.75, 3.05) is 26.2 Å². The van der Waals surface area contributed by atoms with Crippen molar-refractivity contribution in [2.45, 2.75) is 45.1 Å². The first-order chi connectivity index (χ1) is 9.47. The average molecular weight is 276 g/mol. The van der Waals surface area contributed by atoms with Crippen LogP contribution in [-0.4, -0.2) is 46.8 Å². The number of aromatic nitrogens is 2. The molecule has 1 saturated heterocycles. The number of hydrogen-bond donors (Lipinski definition) is 1. The van der Waals surface area contributed by atoms with Crippen LogP contribution in [0, 0.1) is 0 Å². The molecule has 0 radical (unpaired) electrons. The Bertz CT molecular complexity index is 504. The van der Waals surface area contributed by atoms with Gasteiger partial charge in [-0.05, 0) is 39.7 Å². The van der Waals surface area contributed by atoms with Crippen LogP contribution >= 0.6 is 0 Å². The number of nitrogens with one attached hydrogen (secondary N) is 1. The Morgan fingerprint density at radius 2 is 1.95 bits per heavy atom. The third-order valence-corrected chi connectivity index (χ3v) is 3.99. The fraction of sp³-hybridized carbons (Fsp3) is 0.733. The monoisotopic (exact) mass is 276 g/mol. The SMILES string of the molecule is CC(C)(C)n1nc(C(=O)N2CCNCC2)cc1C1CC1. The summed E-state index contributed by atoms with van der Waals surface area (Å²) in [4.78, 5) is 14.5. The third kappa shape index (κ3) is 2.59. The van der Waals surface area contributed by atoms with E-state index in [0.717, 1.165) is 26.2 Å². The van der Waals surface area contributed by atoms with Gasteiger partial charge in [0.25, 0.3) is 5.91 Å². The molecular weight excluding hydrogens is 252 g/mol. The molecule has 0 unspecified atom stereocenters. The molecule has 0 spiro atoms. The molecule has 5 heteroatoms. The molecule has 1 aromatic heterocycles. The molecule has 1 amide bonds. The Labute approximate surface area is 120 Å². The molecular formula is C15H24N4O. The molecule has 1 N–H and O–H groups in total. The van der Waals surface area contributed by atoms with Crippen molar-refractivity contribution < 1.29 is 4.79 Å². The van der Waals surface area contributed by atoms with E-state index in [9.17, 15) is 4.79 Å². The highest BCUT2D eigenvalue weighted by atomic mass is 16.2. The number of nitrogens with zero attached hydrogens (tertiary/aromatic N) is 3. The fourth-order valence-corrected chi connectivity index (χ4v) is 2.74. The van der Waals surface area contributed by atoms with Gasteiger partial charge in [0.05, 0.1) is 5.54 Å². The topological polar surface area (TPSA) is 50.2 Å². The molecule has 2 aliphatic rings. The van der Waals surface area contributed by atoms with Gasteiger partial charge in [-0.3, -0.25) is 9.48 Å². The van der Waals surface area contributed by atoms with Gasteiger partial charge in [0.2, 0.25) is 0 Å². The van der Waals surface area contributed by atoms with E-state index in [2.05, 4.69) is 35.9 Å². The van der Waals surface area contributed by atoms with Crippen LogP contribution in [0.5, 0.6) is 0 Å². The summed E-state index contributed by atoms with van der Waals surface area (Å²) in [6.07, 6.45) is 2.45. The highest BCUT2D eigenvalue weighted by Crippen LogP contribution is 2.41. The van der Waals surface area contributed by atoms with E-state index in [4.69, 9.17) is 0 Å². The van der Waals surface area contributed by atoms with Crippen molar-refractivity contribution in [3.8, 4) is 0 Å². The molecule has 1 aliphatic heterocycles. The first-order valence-electron chi connectivity index (χ1n) is 7.57. The maximum absolute atomic E-state index is 12.6. The van der Waals surface area contributed by atoms with Crippen molar-refractivity contribution in [3.63, 3.8) is 0 Å². The molecule has 3 rings (SSSR count). The molecule has 0 aromatic carbocycles. The predicted molar refractivity (Wildman–Crippen MR) is 78.0 cm³/mol. The van der Waals surface area contributed by atoms with Crippen LogP contribution in [0.4, 0.5) is 0 Å². The normalized spacial score (nSPS) is 20.2. The number of rotatable bonds is 2. The van der Waals surface area contributed by atoms with Crippen LogP contribution in [-0.2, 0) is 5.54 Å². The lowest BCUT2D eigenvalue weighted by atomic mass is 10.1. The van der Waals surface area contributed by atoms with Crippen molar-refractivity contribution in [1.82, 2.24) is 20.0 Å². The summed E-state index contributed by atoms with van der Waals surface area (Å²) in [6, 6.07) is 2.02. The molecule has 2 fully saturated rings. The number of carbonyl (C=O) groups excluding carboxylic acids is 1. The number of carbonyl (C=O) groups is 1. The van der Waals surface area contributed by atoms with Gasteiger partial charge in [0.1, 0.15) is 0 Å². The van der Waals surface area contributed by atoms with Crippen molar-refractivity contribution in [3.05, 3.63) is 17.5 Å². The summed E-state index contributed by atoms with van der Waals surface area (Å²) in [5, 5.41) is 7.89. The summed E-state index contributed by atoms with van der Waals surface area (Å²) < 4.78 is 2.06. The maximum Gasteiger partial charge on any atom is 0.274 e. The van der Waals surface area contributed by atoms with Gasteiger partial charge in [-0.15, -0.1) is 0 Å². The Balaban J connectivity index is 1.88. The molecule has 20 heavy (non-hydrogen) atoms. The second kappa shape index (κ2) is 4.88. The van der Waals surface area contributed by atoms with Crippen LogP contribution in [0.25, 0.3) is 0 Å². The zero-order chi connectivity index (χ0) is 14.3. The van der Waals surface area contributed by atoms with Gasteiger partial charge in [-0.2, -0.15) is 5.10 Å². The third-order valence-electron chi connectivity index (χ3n) is 3.99. The molecule has 1 aliphatic carbocycles. The highest BCUT2D eigenvalue weighted by molar-refractivity contribution is 5.92. The van der Waals surface area contributed by atoms with E-state index in [1.807, 2.05) is 11.0 Å². The molecule has 110 valence electrons. The first-order valence-corrected chi connectivity index (χ1v) is 7.57. The quantitative estimate of drug-likeness (QED) is 0.892. The van der Waals surface area contributed by atoms with Gasteiger partial charge in [-0.25, -0.2) is 0 Å². The largest absolute Gasteiger partial charge is 0.335 e. The minimum Gasteiger partial charge on any atom is -0.335 e. The van der Waals surface area contributed by atoms with Gasteiger partial charge in [-0.1, -0.05) is 0 Å². The Hall–Kier alpha value is -1.36. The van der Waals surface area contributed by atoms with E-state index < -0.39 is 0 Å². The van der Waals surface area contributed by atoms with E-state index >= 15 is 0 Å². The average Bonchev–Trinajstić information content (AvgIpc) is 3.16. The zero-order valence-electron chi connectivity index (χ0n) is 12.6. The minimum atomic E-state index is -0.0695. The predicted octanol–water partition coefficient (Wildman–Crippen LogP) is 1.56. The lowest BCUT2D eigenvalue weighted by molar-refractivity contribution is 0.0728. The Morgan fingerprint density at radius 3 is 2.50 bits per heavy atom. The lowest BCUT2D eigenvalue weighted by Crippen LogP contribution is -2.46. The second-order valence-corrected chi connectivity index (χ2v) is 6.85. The summed E-state index contributed by atoms with van der Waals surface area (Å²) >= 11 is 0. The Kier molecular flexibility index (Phi) is 3.32. The van der Waals surface area contributed by atoms with Crippen LogP contribution in [0.3, 0.4) is 0 Å². The molecule has 1 aromatic rings. The summed E-state index contributed by atoms with van der Waals surface area (Å²) in [5.41, 5.74) is 1.78. The zero-order valence-corrected chi connectivity index (χ0v) is 12.6. The summed E-state index contributed by atoms with van der Waals surface area (Å²) in [6.45, 7) is 9.74. The summed E-state index contributed by atoms with van der Waals surface area (Å²) in [7, 11) is 0. The van der Waals surface area contributed by atoms with Gasteiger partial charge in [0.15, 0.2) is 5.69 Å². The second-order valence-electron chi connectivity index (χ2n) is 6.85. The van der Waals surface area contributed by atoms with Crippen LogP contribution < -0.4 is 5.32 Å². The molecule has 1 saturated carbocycles. The molecule has 2 heterocycles. The molecule has 5 nitrogen and oxygen atoms in total. The smallest absolute Gasteiger partial charge is 0.274 e. The standard InChI is InChI=1S/C15H24N4O/c1-15(2,3)19-13(11-4-5-11)10-12(17-19)14(20)18-8-6-16-7-9-18/h10-11,16H,4-9H2,1-3H3. The van der Waals surface area contributed by atoms with E-state index in [-0.39, 0.29) is 11.4 Å². The number of piperazine rings is 1. The summed E-state index contributed by atoms with van der Waals surface area (Å²) in [5.74, 6) is 0.683. The van der Waals surface area contributed by atoms with Crippen LogP contribution in [0.15, 0.2) is 6.07 Å². The molecule has 0 atom stereocenters. The van der Waals surface area contributed by atoms with Gasteiger partial charge in [0, 0.05) is 37.8 Å². The van der Waals surface area contributed by atoms with Crippen LogP contribution in [0.2, 0.25) is 0 Å². The van der Waals surface area contributed by atoms with Crippen LogP contribution in [0.1, 0.15) is 55.7 Å². The van der Waals surface area contributed by atoms with Crippen molar-refractivity contribution in [1.29, 1.82) is 0 Å². The number of amides is 1. The number of hydrogen-bond acceptors (Lipinski definition) is 3.